The van der Waals surface area contributed by atoms with Crippen LogP contribution in [0.2, 0.25) is 5.02 Å². The monoisotopic (exact) mass is 324 g/mol. The Kier molecular flexibility index (Phi) is 5.16. The first-order valence-corrected chi connectivity index (χ1v) is 7.50. The first-order chi connectivity index (χ1) is 9.88. The lowest BCUT2D eigenvalue weighted by Crippen LogP contribution is -2.38. The second kappa shape index (κ2) is 6.54. The first-order valence-electron chi connectivity index (χ1n) is 7.12. The van der Waals surface area contributed by atoms with E-state index in [0.29, 0.717) is 24.4 Å². The average Bonchev–Trinajstić information content (AvgIpc) is 2.81. The van der Waals surface area contributed by atoms with Gasteiger partial charge in [0.05, 0.1) is 28.9 Å². The molecule has 0 amide bonds. The number of nitrogens with two attached hydrogens (primary N) is 1. The van der Waals surface area contributed by atoms with Crippen molar-refractivity contribution in [1.82, 2.24) is 15.2 Å². The van der Waals surface area contributed by atoms with E-state index in [0.717, 1.165) is 5.69 Å². The molecular formula is C13H20ClF3N4. The fourth-order valence-corrected chi connectivity index (χ4v) is 3.41. The molecule has 4 nitrogen and oxygen atoms in total. The molecule has 0 radical (unpaired) electrons. The van der Waals surface area contributed by atoms with Gasteiger partial charge in [-0.1, -0.05) is 11.6 Å². The summed E-state index contributed by atoms with van der Waals surface area (Å²) in [4.78, 5) is 0. The molecular weight excluding hydrogens is 305 g/mol. The molecule has 1 aromatic heterocycles. The Balaban J connectivity index is 2.11. The summed E-state index contributed by atoms with van der Waals surface area (Å²) in [6, 6.07) is -0.269. The van der Waals surface area contributed by atoms with E-state index in [2.05, 4.69) is 10.5 Å². The van der Waals surface area contributed by atoms with E-state index < -0.39 is 12.1 Å². The van der Waals surface area contributed by atoms with Crippen molar-refractivity contribution in [2.75, 3.05) is 0 Å². The molecule has 1 heterocycles. The predicted molar refractivity (Wildman–Crippen MR) is 74.5 cm³/mol. The normalized spacial score (nSPS) is 25.0. The maximum atomic E-state index is 12.7. The van der Waals surface area contributed by atoms with E-state index in [-0.39, 0.29) is 24.8 Å². The van der Waals surface area contributed by atoms with Gasteiger partial charge in [-0.2, -0.15) is 18.3 Å². The van der Waals surface area contributed by atoms with Crippen LogP contribution in [0.1, 0.15) is 44.3 Å². The second-order valence-electron chi connectivity index (χ2n) is 5.49. The van der Waals surface area contributed by atoms with Crippen molar-refractivity contribution < 1.29 is 13.2 Å². The molecule has 2 rings (SSSR count). The van der Waals surface area contributed by atoms with Gasteiger partial charge < -0.3 is 0 Å². The lowest BCUT2D eigenvalue weighted by Gasteiger charge is -2.34. The Morgan fingerprint density at radius 1 is 1.43 bits per heavy atom. The minimum atomic E-state index is -4.10. The van der Waals surface area contributed by atoms with Crippen LogP contribution in [-0.4, -0.2) is 16.0 Å². The highest BCUT2D eigenvalue weighted by Gasteiger charge is 2.43. The maximum absolute atomic E-state index is 12.7. The number of hydrogen-bond acceptors (Lipinski definition) is 3. The summed E-state index contributed by atoms with van der Waals surface area (Å²) in [6.07, 6.45) is -1.31. The third kappa shape index (κ3) is 3.52. The lowest BCUT2D eigenvalue weighted by atomic mass is 9.77. The van der Waals surface area contributed by atoms with Gasteiger partial charge in [0.25, 0.3) is 0 Å². The number of rotatable bonds is 4. The van der Waals surface area contributed by atoms with Crippen molar-refractivity contribution in [3.63, 3.8) is 0 Å². The zero-order valence-electron chi connectivity index (χ0n) is 11.8. The molecule has 0 aromatic carbocycles. The van der Waals surface area contributed by atoms with Crippen molar-refractivity contribution in [3.8, 4) is 0 Å². The summed E-state index contributed by atoms with van der Waals surface area (Å²) < 4.78 is 39.9. The SMILES string of the molecule is CCn1ncc(Cl)c1C(NN)C1CCC(C(F)(F)F)CC1. The van der Waals surface area contributed by atoms with Gasteiger partial charge in [-0.05, 0) is 38.5 Å². The van der Waals surface area contributed by atoms with Gasteiger partial charge in [-0.25, -0.2) is 0 Å². The molecule has 1 aromatic rings. The molecule has 1 atom stereocenters. The van der Waals surface area contributed by atoms with Crippen LogP contribution >= 0.6 is 11.6 Å². The minimum absolute atomic E-state index is 0.0353. The van der Waals surface area contributed by atoms with Gasteiger partial charge in [0.15, 0.2) is 0 Å². The Morgan fingerprint density at radius 3 is 2.52 bits per heavy atom. The van der Waals surface area contributed by atoms with Crippen molar-refractivity contribution in [3.05, 3.63) is 16.9 Å². The third-order valence-corrected chi connectivity index (χ3v) is 4.60. The number of aromatic nitrogens is 2. The van der Waals surface area contributed by atoms with Crippen LogP contribution in [0.15, 0.2) is 6.20 Å². The number of nitrogens with zero attached hydrogens (tertiary/aromatic N) is 2. The van der Waals surface area contributed by atoms with Crippen molar-refractivity contribution >= 4 is 11.6 Å². The molecule has 0 aliphatic heterocycles. The van der Waals surface area contributed by atoms with Gasteiger partial charge in [0.1, 0.15) is 0 Å². The standard InChI is InChI=1S/C13H20ClF3N4/c1-2-21-12(10(14)7-19-21)11(20-18)8-3-5-9(6-4-8)13(15,16)17/h7-9,11,20H,2-6,18H2,1H3. The average molecular weight is 325 g/mol. The third-order valence-electron chi connectivity index (χ3n) is 4.31. The number of hydrazine groups is 1. The second-order valence-corrected chi connectivity index (χ2v) is 5.90. The van der Waals surface area contributed by atoms with Gasteiger partial charge >= 0.3 is 6.18 Å². The number of hydrogen-bond donors (Lipinski definition) is 2. The fourth-order valence-electron chi connectivity index (χ4n) is 3.15. The van der Waals surface area contributed by atoms with Crippen LogP contribution in [0.3, 0.4) is 0 Å². The van der Waals surface area contributed by atoms with E-state index >= 15 is 0 Å². The van der Waals surface area contributed by atoms with E-state index in [1.165, 1.54) is 0 Å². The molecule has 1 unspecified atom stereocenters. The van der Waals surface area contributed by atoms with Crippen molar-refractivity contribution in [2.45, 2.75) is 51.4 Å². The summed E-state index contributed by atoms with van der Waals surface area (Å²) in [5, 5.41) is 4.66. The highest BCUT2D eigenvalue weighted by Crippen LogP contribution is 2.43. The summed E-state index contributed by atoms with van der Waals surface area (Å²) in [5.41, 5.74) is 3.48. The molecule has 8 heteroatoms. The van der Waals surface area contributed by atoms with Crippen LogP contribution in [0.5, 0.6) is 0 Å². The summed E-state index contributed by atoms with van der Waals surface area (Å²) in [6.45, 7) is 2.57. The van der Waals surface area contributed by atoms with Crippen LogP contribution in [0.25, 0.3) is 0 Å². The Bertz CT molecular complexity index is 466. The topological polar surface area (TPSA) is 55.9 Å². The molecule has 3 N–H and O–H groups in total. The van der Waals surface area contributed by atoms with E-state index in [1.807, 2.05) is 6.92 Å². The summed E-state index contributed by atoms with van der Waals surface area (Å²) in [5.74, 6) is 4.48. The fraction of sp³-hybridized carbons (Fsp3) is 0.769. The number of halogens is 4. The lowest BCUT2D eigenvalue weighted by molar-refractivity contribution is -0.184. The first kappa shape index (κ1) is 16.6. The molecule has 120 valence electrons. The van der Waals surface area contributed by atoms with Gasteiger partial charge in [-0.15, -0.1) is 0 Å². The van der Waals surface area contributed by atoms with Gasteiger partial charge in [-0.3, -0.25) is 16.0 Å². The van der Waals surface area contributed by atoms with Crippen LogP contribution in [0.4, 0.5) is 13.2 Å². The summed E-state index contributed by atoms with van der Waals surface area (Å²) in [7, 11) is 0. The van der Waals surface area contributed by atoms with Crippen LogP contribution in [0, 0.1) is 11.8 Å². The number of alkyl halides is 3. The van der Waals surface area contributed by atoms with Gasteiger partial charge in [0, 0.05) is 6.54 Å². The highest BCUT2D eigenvalue weighted by molar-refractivity contribution is 6.31. The molecule has 0 spiro atoms. The zero-order valence-corrected chi connectivity index (χ0v) is 12.6. The quantitative estimate of drug-likeness (QED) is 0.659. The molecule has 1 aliphatic rings. The van der Waals surface area contributed by atoms with Crippen molar-refractivity contribution in [1.29, 1.82) is 0 Å². The Morgan fingerprint density at radius 2 is 2.05 bits per heavy atom. The molecule has 1 fully saturated rings. The van der Waals surface area contributed by atoms with E-state index in [9.17, 15) is 13.2 Å². The van der Waals surface area contributed by atoms with Gasteiger partial charge in [0.2, 0.25) is 0 Å². The molecule has 1 saturated carbocycles. The highest BCUT2D eigenvalue weighted by atomic mass is 35.5. The minimum Gasteiger partial charge on any atom is -0.271 e. The van der Waals surface area contributed by atoms with Crippen molar-refractivity contribution in [2.24, 2.45) is 17.7 Å². The predicted octanol–water partition coefficient (Wildman–Crippen LogP) is 3.43. The maximum Gasteiger partial charge on any atom is 0.391 e. The number of aryl methyl sites for hydroxylation is 1. The molecule has 0 saturated heterocycles. The summed E-state index contributed by atoms with van der Waals surface area (Å²) >= 11 is 6.16. The smallest absolute Gasteiger partial charge is 0.271 e. The molecule has 0 bridgehead atoms. The van der Waals surface area contributed by atoms with Crippen LogP contribution < -0.4 is 11.3 Å². The van der Waals surface area contributed by atoms with E-state index in [4.69, 9.17) is 17.4 Å². The van der Waals surface area contributed by atoms with E-state index in [1.54, 1.807) is 10.9 Å². The molecule has 21 heavy (non-hydrogen) atoms. The Labute approximate surface area is 126 Å². The molecule has 1 aliphatic carbocycles. The van der Waals surface area contributed by atoms with Crippen LogP contribution in [-0.2, 0) is 6.54 Å². The zero-order chi connectivity index (χ0) is 15.6. The Hall–Kier alpha value is -0.790. The largest absolute Gasteiger partial charge is 0.391 e. The number of nitrogens with one attached hydrogen (secondary N) is 1.